The Hall–Kier alpha value is -4.33. The van der Waals surface area contributed by atoms with E-state index in [0.717, 1.165) is 11.1 Å². The van der Waals surface area contributed by atoms with E-state index in [-0.39, 0.29) is 12.7 Å². The molecule has 0 saturated heterocycles. The number of carbonyl (C=O) groups excluding carboxylic acids is 1. The molecule has 5 rings (SSSR count). The zero-order valence-corrected chi connectivity index (χ0v) is 17.1. The summed E-state index contributed by atoms with van der Waals surface area (Å²) in [4.78, 5) is 17.2. The summed E-state index contributed by atoms with van der Waals surface area (Å²) in [7, 11) is 0. The topological polar surface area (TPSA) is 98.5 Å². The van der Waals surface area contributed by atoms with Gasteiger partial charge < -0.3 is 24.6 Å². The van der Waals surface area contributed by atoms with Gasteiger partial charge in [0.2, 0.25) is 18.5 Å². The van der Waals surface area contributed by atoms with Crippen molar-refractivity contribution in [1.29, 1.82) is 0 Å². The Balaban J connectivity index is 1.23. The molecule has 1 aliphatic heterocycles. The molecule has 160 valence electrons. The van der Waals surface area contributed by atoms with Gasteiger partial charge in [-0.25, -0.2) is 0 Å². The Morgan fingerprint density at radius 1 is 0.906 bits per heavy atom. The first kappa shape index (κ1) is 19.6. The molecule has 0 saturated carbocycles. The maximum absolute atomic E-state index is 12.8. The van der Waals surface area contributed by atoms with Crippen LogP contribution in [0.3, 0.4) is 0 Å². The van der Waals surface area contributed by atoms with E-state index in [1.54, 1.807) is 6.07 Å². The van der Waals surface area contributed by atoms with Gasteiger partial charge >= 0.3 is 0 Å². The highest BCUT2D eigenvalue weighted by molar-refractivity contribution is 5.99. The third-order valence-corrected chi connectivity index (χ3v) is 4.99. The Labute approximate surface area is 184 Å². The Bertz CT molecular complexity index is 1240. The summed E-state index contributed by atoms with van der Waals surface area (Å²) in [5, 5.41) is 10.2. The summed E-state index contributed by atoms with van der Waals surface area (Å²) in [6, 6.07) is 22.5. The molecule has 1 amide bonds. The molecule has 2 heterocycles. The number of anilines is 1. The van der Waals surface area contributed by atoms with Gasteiger partial charge in [-0.1, -0.05) is 53.7 Å². The lowest BCUT2D eigenvalue weighted by atomic mass is 10.1. The van der Waals surface area contributed by atoms with E-state index in [9.17, 15) is 4.79 Å². The zero-order valence-electron chi connectivity index (χ0n) is 17.1. The number of para-hydroxylation sites is 1. The number of carbonyl (C=O) groups is 1. The third-order valence-electron chi connectivity index (χ3n) is 4.99. The molecule has 4 aromatic rings. The van der Waals surface area contributed by atoms with Crippen molar-refractivity contribution >= 4 is 11.6 Å². The molecule has 2 N–H and O–H groups in total. The average Bonchev–Trinajstić information content (AvgIpc) is 3.51. The van der Waals surface area contributed by atoms with Gasteiger partial charge in [0.05, 0.1) is 12.1 Å². The maximum Gasteiger partial charge on any atom is 0.253 e. The van der Waals surface area contributed by atoms with E-state index in [1.807, 2.05) is 66.7 Å². The van der Waals surface area contributed by atoms with Crippen LogP contribution in [0.15, 0.2) is 77.3 Å². The Morgan fingerprint density at radius 3 is 2.62 bits per heavy atom. The van der Waals surface area contributed by atoms with Crippen LogP contribution in [0.2, 0.25) is 0 Å². The fourth-order valence-electron chi connectivity index (χ4n) is 3.37. The fraction of sp³-hybridized carbons (Fsp3) is 0.125. The molecule has 1 aliphatic rings. The van der Waals surface area contributed by atoms with Crippen LogP contribution < -0.4 is 20.1 Å². The molecule has 0 bridgehead atoms. The van der Waals surface area contributed by atoms with Gasteiger partial charge in [0.25, 0.3) is 5.91 Å². The van der Waals surface area contributed by atoms with Gasteiger partial charge in [-0.2, -0.15) is 4.98 Å². The van der Waals surface area contributed by atoms with E-state index in [1.165, 1.54) is 0 Å². The number of benzene rings is 3. The summed E-state index contributed by atoms with van der Waals surface area (Å²) in [5.41, 5.74) is 3.00. The van der Waals surface area contributed by atoms with Crippen LogP contribution in [0.4, 0.5) is 5.69 Å². The summed E-state index contributed by atoms with van der Waals surface area (Å²) >= 11 is 0. The van der Waals surface area contributed by atoms with Crippen molar-refractivity contribution in [3.8, 4) is 22.9 Å². The predicted octanol–water partition coefficient (Wildman–Crippen LogP) is 4.01. The minimum absolute atomic E-state index is 0.193. The van der Waals surface area contributed by atoms with Crippen molar-refractivity contribution in [2.75, 3.05) is 12.1 Å². The second-order valence-electron chi connectivity index (χ2n) is 7.15. The summed E-state index contributed by atoms with van der Waals surface area (Å²) in [6.07, 6.45) is 0. The molecule has 32 heavy (non-hydrogen) atoms. The summed E-state index contributed by atoms with van der Waals surface area (Å²) in [5.74, 6) is 2.16. The van der Waals surface area contributed by atoms with Crippen LogP contribution in [0.25, 0.3) is 11.4 Å². The van der Waals surface area contributed by atoms with Crippen molar-refractivity contribution in [3.05, 3.63) is 89.8 Å². The number of amides is 1. The second-order valence-corrected chi connectivity index (χ2v) is 7.15. The smallest absolute Gasteiger partial charge is 0.253 e. The lowest BCUT2D eigenvalue weighted by molar-refractivity contribution is 0.0951. The molecule has 0 radical (unpaired) electrons. The highest BCUT2D eigenvalue weighted by Gasteiger charge is 2.15. The van der Waals surface area contributed by atoms with Gasteiger partial charge in [0, 0.05) is 17.8 Å². The van der Waals surface area contributed by atoms with E-state index >= 15 is 0 Å². The monoisotopic (exact) mass is 428 g/mol. The lowest BCUT2D eigenvalue weighted by Gasteiger charge is -2.11. The van der Waals surface area contributed by atoms with Crippen molar-refractivity contribution in [3.63, 3.8) is 0 Å². The van der Waals surface area contributed by atoms with E-state index in [2.05, 4.69) is 20.8 Å². The molecule has 8 nitrogen and oxygen atoms in total. The molecule has 8 heteroatoms. The SMILES string of the molecule is O=C(NCc1ccc2c(c1)OCO2)c1ccccc1NCc1nc(-c2ccccc2)no1. The number of nitrogens with one attached hydrogen (secondary N) is 2. The van der Waals surface area contributed by atoms with E-state index in [0.29, 0.717) is 47.6 Å². The molecule has 0 atom stereocenters. The number of rotatable bonds is 7. The predicted molar refractivity (Wildman–Crippen MR) is 117 cm³/mol. The van der Waals surface area contributed by atoms with Gasteiger partial charge in [0.1, 0.15) is 0 Å². The lowest BCUT2D eigenvalue weighted by Crippen LogP contribution is -2.24. The molecule has 0 aliphatic carbocycles. The highest BCUT2D eigenvalue weighted by Crippen LogP contribution is 2.32. The first-order valence-corrected chi connectivity index (χ1v) is 10.1. The quantitative estimate of drug-likeness (QED) is 0.459. The minimum Gasteiger partial charge on any atom is -0.454 e. The van der Waals surface area contributed by atoms with Crippen LogP contribution >= 0.6 is 0 Å². The van der Waals surface area contributed by atoms with E-state index < -0.39 is 0 Å². The summed E-state index contributed by atoms with van der Waals surface area (Å²) < 4.78 is 16.0. The van der Waals surface area contributed by atoms with Crippen LogP contribution in [-0.2, 0) is 13.1 Å². The fourth-order valence-corrected chi connectivity index (χ4v) is 3.37. The normalized spacial score (nSPS) is 11.9. The number of nitrogens with zero attached hydrogens (tertiary/aromatic N) is 2. The van der Waals surface area contributed by atoms with Crippen molar-refractivity contribution in [1.82, 2.24) is 15.5 Å². The van der Waals surface area contributed by atoms with Crippen LogP contribution in [-0.4, -0.2) is 22.8 Å². The molecule has 3 aromatic carbocycles. The largest absolute Gasteiger partial charge is 0.454 e. The molecule has 0 fully saturated rings. The van der Waals surface area contributed by atoms with E-state index in [4.69, 9.17) is 14.0 Å². The Morgan fingerprint density at radius 2 is 1.72 bits per heavy atom. The first-order chi connectivity index (χ1) is 15.8. The number of hydrogen-bond acceptors (Lipinski definition) is 7. The minimum atomic E-state index is -0.193. The molecule has 0 unspecified atom stereocenters. The van der Waals surface area contributed by atoms with Gasteiger partial charge in [-0.3, -0.25) is 4.79 Å². The number of fused-ring (bicyclic) bond motifs is 1. The van der Waals surface area contributed by atoms with Crippen LogP contribution in [0, 0.1) is 0 Å². The zero-order chi connectivity index (χ0) is 21.8. The molecule has 0 spiro atoms. The van der Waals surface area contributed by atoms with Crippen molar-refractivity contribution < 1.29 is 18.8 Å². The summed E-state index contributed by atoms with van der Waals surface area (Å²) in [6.45, 7) is 0.886. The number of ether oxygens (including phenoxy) is 2. The van der Waals surface area contributed by atoms with Gasteiger partial charge in [-0.05, 0) is 29.8 Å². The van der Waals surface area contributed by atoms with Crippen LogP contribution in [0.1, 0.15) is 21.8 Å². The molecular weight excluding hydrogens is 408 g/mol. The average molecular weight is 428 g/mol. The van der Waals surface area contributed by atoms with Gasteiger partial charge in [-0.15, -0.1) is 0 Å². The van der Waals surface area contributed by atoms with Crippen molar-refractivity contribution in [2.24, 2.45) is 0 Å². The van der Waals surface area contributed by atoms with Gasteiger partial charge in [0.15, 0.2) is 11.5 Å². The second kappa shape index (κ2) is 8.81. The van der Waals surface area contributed by atoms with Crippen LogP contribution in [0.5, 0.6) is 11.5 Å². The van der Waals surface area contributed by atoms with Crippen molar-refractivity contribution in [2.45, 2.75) is 13.1 Å². The maximum atomic E-state index is 12.8. The Kier molecular flexibility index (Phi) is 5.40. The standard InChI is InChI=1S/C24H20N4O4/c29-24(26-13-16-10-11-20-21(12-16)31-15-30-20)18-8-4-5-9-19(18)25-14-22-27-23(28-32-22)17-6-2-1-3-7-17/h1-12,25H,13-15H2,(H,26,29). The molecular formula is C24H20N4O4. The number of aromatic nitrogens is 2. The first-order valence-electron chi connectivity index (χ1n) is 10.1. The number of hydrogen-bond donors (Lipinski definition) is 2. The highest BCUT2D eigenvalue weighted by atomic mass is 16.7. The molecule has 1 aromatic heterocycles. The third kappa shape index (κ3) is 4.24.